The maximum absolute atomic E-state index is 12.3. The lowest BCUT2D eigenvalue weighted by molar-refractivity contribution is -0.110. The van der Waals surface area contributed by atoms with Crippen LogP contribution in [0.3, 0.4) is 0 Å². The molecule has 0 radical (unpaired) electrons. The van der Waals surface area contributed by atoms with E-state index in [2.05, 4.69) is 21.0 Å². The second-order valence-corrected chi connectivity index (χ2v) is 5.34. The molecule has 0 spiro atoms. The molecule has 0 aromatic heterocycles. The molecule has 0 heterocycles. The molecular formula is C18H20N4O2. The number of nitrogens with zero attached hydrogens (tertiary/aromatic N) is 2. The molecule has 0 atom stereocenters. The Labute approximate surface area is 140 Å². The number of amides is 1. The zero-order valence-electron chi connectivity index (χ0n) is 13.9. The largest absolute Gasteiger partial charge is 0.410 e. The molecule has 24 heavy (non-hydrogen) atoms. The number of anilines is 2. The molecule has 2 rings (SSSR count). The third-order valence-electron chi connectivity index (χ3n) is 3.54. The monoisotopic (exact) mass is 324 g/mol. The third kappa shape index (κ3) is 4.19. The molecule has 0 aliphatic carbocycles. The lowest BCUT2D eigenvalue weighted by Gasteiger charge is -2.09. The molecule has 0 saturated heterocycles. The molecule has 124 valence electrons. The molecule has 3 N–H and O–H groups in total. The van der Waals surface area contributed by atoms with Crippen LogP contribution in [0.5, 0.6) is 0 Å². The fraction of sp³-hybridized carbons (Fsp3) is 0.167. The van der Waals surface area contributed by atoms with Crippen molar-refractivity contribution in [3.8, 4) is 0 Å². The topological polar surface area (TPSA) is 86.1 Å². The number of para-hydroxylation sites is 2. The summed E-state index contributed by atoms with van der Waals surface area (Å²) in [6.07, 6.45) is 0. The predicted octanol–water partition coefficient (Wildman–Crippen LogP) is 3.56. The number of hydrazone groups is 1. The van der Waals surface area contributed by atoms with Crippen molar-refractivity contribution in [3.05, 3.63) is 59.7 Å². The minimum absolute atomic E-state index is 0.153. The van der Waals surface area contributed by atoms with E-state index in [4.69, 9.17) is 0 Å². The van der Waals surface area contributed by atoms with Gasteiger partial charge in [0.05, 0.1) is 11.4 Å². The summed E-state index contributed by atoms with van der Waals surface area (Å²) >= 11 is 0. The summed E-state index contributed by atoms with van der Waals surface area (Å²) in [5, 5.41) is 19.1. The van der Waals surface area contributed by atoms with E-state index in [1.54, 1.807) is 13.0 Å². The quantitative estimate of drug-likeness (QED) is 0.446. The first-order valence-electron chi connectivity index (χ1n) is 7.48. The number of oxime groups is 1. The molecule has 0 aliphatic rings. The predicted molar refractivity (Wildman–Crippen MR) is 96.9 cm³/mol. The number of hydrogen-bond acceptors (Lipinski definition) is 5. The Kier molecular flexibility index (Phi) is 5.68. The summed E-state index contributed by atoms with van der Waals surface area (Å²) in [7, 11) is 0. The first kappa shape index (κ1) is 17.2. The summed E-state index contributed by atoms with van der Waals surface area (Å²) < 4.78 is 0. The minimum Gasteiger partial charge on any atom is -0.410 e. The van der Waals surface area contributed by atoms with Gasteiger partial charge in [0.25, 0.3) is 5.91 Å². The third-order valence-corrected chi connectivity index (χ3v) is 3.54. The summed E-state index contributed by atoms with van der Waals surface area (Å²) in [4.78, 5) is 12.3. The van der Waals surface area contributed by atoms with Gasteiger partial charge >= 0.3 is 0 Å². The second-order valence-electron chi connectivity index (χ2n) is 5.34. The number of carbonyl (C=O) groups excluding carboxylic acids is 1. The number of benzene rings is 2. The van der Waals surface area contributed by atoms with Gasteiger partial charge in [-0.05, 0) is 44.0 Å². The normalized spacial score (nSPS) is 12.0. The molecule has 6 nitrogen and oxygen atoms in total. The van der Waals surface area contributed by atoms with E-state index < -0.39 is 5.91 Å². The summed E-state index contributed by atoms with van der Waals surface area (Å²) in [5.41, 5.74) is 6.39. The Morgan fingerprint density at radius 1 is 0.958 bits per heavy atom. The van der Waals surface area contributed by atoms with E-state index in [-0.39, 0.29) is 11.4 Å². The Bertz CT molecular complexity index is 797. The van der Waals surface area contributed by atoms with Crippen molar-refractivity contribution in [1.82, 2.24) is 0 Å². The lowest BCUT2D eigenvalue weighted by atomic mass is 10.2. The standard InChI is InChI=1S/C18H20N4O2/c1-12-8-4-6-10-15(12)19-18(23)17(22-24)14(3)20-21-16-11-7-5-9-13(16)2/h4-11,21,24H,1-3H3,(H,19,23). The zero-order chi connectivity index (χ0) is 17.5. The molecule has 2 aromatic carbocycles. The Balaban J connectivity index is 2.12. The van der Waals surface area contributed by atoms with Crippen LogP contribution >= 0.6 is 0 Å². The van der Waals surface area contributed by atoms with Crippen molar-refractivity contribution in [2.75, 3.05) is 10.7 Å². The Hall–Kier alpha value is -3.15. The molecule has 6 heteroatoms. The highest BCUT2D eigenvalue weighted by Crippen LogP contribution is 2.14. The van der Waals surface area contributed by atoms with Crippen LogP contribution in [-0.2, 0) is 4.79 Å². The van der Waals surface area contributed by atoms with E-state index in [1.165, 1.54) is 0 Å². The van der Waals surface area contributed by atoms with Crippen molar-refractivity contribution in [2.24, 2.45) is 10.3 Å². The average molecular weight is 324 g/mol. The van der Waals surface area contributed by atoms with E-state index in [9.17, 15) is 10.0 Å². The first-order valence-corrected chi connectivity index (χ1v) is 7.48. The van der Waals surface area contributed by atoms with E-state index >= 15 is 0 Å². The van der Waals surface area contributed by atoms with Crippen molar-refractivity contribution in [2.45, 2.75) is 20.8 Å². The van der Waals surface area contributed by atoms with Gasteiger partial charge in [-0.15, -0.1) is 0 Å². The molecule has 0 bridgehead atoms. The van der Waals surface area contributed by atoms with Crippen LogP contribution in [0.25, 0.3) is 0 Å². The van der Waals surface area contributed by atoms with Crippen molar-refractivity contribution in [1.29, 1.82) is 0 Å². The molecule has 0 unspecified atom stereocenters. The zero-order valence-corrected chi connectivity index (χ0v) is 13.9. The van der Waals surface area contributed by atoms with E-state index in [1.807, 2.05) is 56.3 Å². The van der Waals surface area contributed by atoms with Gasteiger partial charge in [-0.25, -0.2) is 0 Å². The smallest absolute Gasteiger partial charge is 0.279 e. The molecule has 0 fully saturated rings. The lowest BCUT2D eigenvalue weighted by Crippen LogP contribution is -2.29. The fourth-order valence-electron chi connectivity index (χ4n) is 2.07. The van der Waals surface area contributed by atoms with Gasteiger partial charge in [-0.3, -0.25) is 10.2 Å². The van der Waals surface area contributed by atoms with Crippen molar-refractivity contribution in [3.63, 3.8) is 0 Å². The SMILES string of the molecule is CC(=NNc1ccccc1C)C(=NO)C(=O)Nc1ccccc1C. The number of hydrogen-bond donors (Lipinski definition) is 3. The fourth-order valence-corrected chi connectivity index (χ4v) is 2.07. The number of aryl methyl sites for hydroxylation is 2. The van der Waals surface area contributed by atoms with Crippen LogP contribution in [0.2, 0.25) is 0 Å². The summed E-state index contributed by atoms with van der Waals surface area (Å²) in [6.45, 7) is 5.42. The van der Waals surface area contributed by atoms with Crippen LogP contribution in [0, 0.1) is 13.8 Å². The highest BCUT2D eigenvalue weighted by atomic mass is 16.4. The van der Waals surface area contributed by atoms with Crippen LogP contribution in [0.15, 0.2) is 58.8 Å². The van der Waals surface area contributed by atoms with Crippen LogP contribution in [-0.4, -0.2) is 22.5 Å². The molecule has 0 saturated carbocycles. The Morgan fingerprint density at radius 2 is 1.50 bits per heavy atom. The van der Waals surface area contributed by atoms with Gasteiger partial charge in [0, 0.05) is 5.69 Å². The summed E-state index contributed by atoms with van der Waals surface area (Å²) in [5.74, 6) is -0.528. The second kappa shape index (κ2) is 7.92. The average Bonchev–Trinajstić information content (AvgIpc) is 2.57. The van der Waals surface area contributed by atoms with E-state index in [0.29, 0.717) is 5.69 Å². The van der Waals surface area contributed by atoms with Crippen molar-refractivity contribution < 1.29 is 10.0 Å². The number of carbonyl (C=O) groups is 1. The number of nitrogens with one attached hydrogen (secondary N) is 2. The molecular weight excluding hydrogens is 304 g/mol. The van der Waals surface area contributed by atoms with Gasteiger partial charge in [0.15, 0.2) is 5.71 Å². The first-order chi connectivity index (χ1) is 11.5. The van der Waals surface area contributed by atoms with Crippen molar-refractivity contribution >= 4 is 28.7 Å². The highest BCUT2D eigenvalue weighted by Gasteiger charge is 2.17. The molecule has 1 amide bonds. The maximum Gasteiger partial charge on any atom is 0.279 e. The highest BCUT2D eigenvalue weighted by molar-refractivity contribution is 6.68. The molecule has 2 aromatic rings. The summed E-state index contributed by atoms with van der Waals surface area (Å²) in [6, 6.07) is 15.0. The van der Waals surface area contributed by atoms with Crippen LogP contribution in [0.1, 0.15) is 18.1 Å². The van der Waals surface area contributed by atoms with Gasteiger partial charge in [0.2, 0.25) is 0 Å². The minimum atomic E-state index is -0.528. The van der Waals surface area contributed by atoms with Gasteiger partial charge in [0.1, 0.15) is 0 Å². The van der Waals surface area contributed by atoms with E-state index in [0.717, 1.165) is 16.8 Å². The van der Waals surface area contributed by atoms with Crippen LogP contribution in [0.4, 0.5) is 11.4 Å². The maximum atomic E-state index is 12.3. The van der Waals surface area contributed by atoms with Crippen LogP contribution < -0.4 is 10.7 Å². The molecule has 0 aliphatic heterocycles. The Morgan fingerprint density at radius 3 is 2.04 bits per heavy atom. The van der Waals surface area contributed by atoms with Gasteiger partial charge in [-0.2, -0.15) is 5.10 Å². The number of rotatable bonds is 5. The van der Waals surface area contributed by atoms with Gasteiger partial charge in [-0.1, -0.05) is 41.6 Å². The van der Waals surface area contributed by atoms with Gasteiger partial charge < -0.3 is 10.5 Å².